The summed E-state index contributed by atoms with van der Waals surface area (Å²) in [5.41, 5.74) is 4.93. The maximum Gasteiger partial charge on any atom is 0.0911 e. The van der Waals surface area contributed by atoms with Crippen LogP contribution in [0.15, 0.2) is 42.5 Å². The standard InChI is InChI=1S/C18H22O/c1-13-6-9-16(10-7-13)12-18(4,19)17-11-14(2)5-8-15(17)3/h5-11,19H,12H2,1-4H3. The minimum atomic E-state index is -0.828. The normalized spacial score (nSPS) is 14.2. The van der Waals surface area contributed by atoms with Crippen molar-refractivity contribution in [1.29, 1.82) is 0 Å². The molecule has 0 aliphatic carbocycles. The molecule has 100 valence electrons. The van der Waals surface area contributed by atoms with Crippen molar-refractivity contribution < 1.29 is 5.11 Å². The van der Waals surface area contributed by atoms with Crippen LogP contribution in [0.2, 0.25) is 0 Å². The Bertz CT molecular complexity index is 565. The lowest BCUT2D eigenvalue weighted by Gasteiger charge is -2.26. The van der Waals surface area contributed by atoms with E-state index in [0.29, 0.717) is 6.42 Å². The largest absolute Gasteiger partial charge is 0.385 e. The van der Waals surface area contributed by atoms with E-state index in [-0.39, 0.29) is 0 Å². The van der Waals surface area contributed by atoms with Crippen molar-refractivity contribution in [3.8, 4) is 0 Å². The van der Waals surface area contributed by atoms with Crippen LogP contribution in [0, 0.1) is 20.8 Å². The average molecular weight is 254 g/mol. The number of hydrogen-bond donors (Lipinski definition) is 1. The summed E-state index contributed by atoms with van der Waals surface area (Å²) in [6.45, 7) is 8.09. The number of hydrogen-bond acceptors (Lipinski definition) is 1. The van der Waals surface area contributed by atoms with E-state index in [2.05, 4.69) is 63.2 Å². The first-order valence-corrected chi connectivity index (χ1v) is 6.74. The SMILES string of the molecule is Cc1ccc(CC(C)(O)c2cc(C)ccc2C)cc1. The van der Waals surface area contributed by atoms with Gasteiger partial charge in [-0.05, 0) is 44.4 Å². The van der Waals surface area contributed by atoms with E-state index in [9.17, 15) is 5.11 Å². The summed E-state index contributed by atoms with van der Waals surface area (Å²) in [4.78, 5) is 0. The lowest BCUT2D eigenvalue weighted by atomic mass is 9.85. The monoisotopic (exact) mass is 254 g/mol. The third-order valence-corrected chi connectivity index (χ3v) is 3.64. The number of aliphatic hydroxyl groups is 1. The first kappa shape index (κ1) is 13.8. The van der Waals surface area contributed by atoms with Crippen molar-refractivity contribution in [2.24, 2.45) is 0 Å². The predicted octanol–water partition coefficient (Wildman–Crippen LogP) is 4.06. The van der Waals surface area contributed by atoms with Gasteiger partial charge in [0.1, 0.15) is 0 Å². The second kappa shape index (κ2) is 5.18. The van der Waals surface area contributed by atoms with Crippen LogP contribution in [0.1, 0.15) is 34.7 Å². The first-order valence-electron chi connectivity index (χ1n) is 6.74. The van der Waals surface area contributed by atoms with Gasteiger partial charge in [0.2, 0.25) is 0 Å². The van der Waals surface area contributed by atoms with Crippen LogP contribution >= 0.6 is 0 Å². The van der Waals surface area contributed by atoms with Crippen LogP contribution in [0.3, 0.4) is 0 Å². The molecule has 2 aromatic rings. The molecule has 1 atom stereocenters. The summed E-state index contributed by atoms with van der Waals surface area (Å²) in [5.74, 6) is 0. The summed E-state index contributed by atoms with van der Waals surface area (Å²) in [6.07, 6.45) is 0.636. The molecule has 0 spiro atoms. The van der Waals surface area contributed by atoms with Gasteiger partial charge in [-0.1, -0.05) is 53.6 Å². The van der Waals surface area contributed by atoms with Crippen LogP contribution in [-0.2, 0) is 12.0 Å². The van der Waals surface area contributed by atoms with Crippen molar-refractivity contribution in [3.05, 3.63) is 70.3 Å². The van der Waals surface area contributed by atoms with Gasteiger partial charge in [0.15, 0.2) is 0 Å². The van der Waals surface area contributed by atoms with Crippen LogP contribution in [0.25, 0.3) is 0 Å². The molecular formula is C18H22O. The minimum absolute atomic E-state index is 0.636. The smallest absolute Gasteiger partial charge is 0.0911 e. The minimum Gasteiger partial charge on any atom is -0.385 e. The highest BCUT2D eigenvalue weighted by Gasteiger charge is 2.25. The molecule has 0 radical (unpaired) electrons. The van der Waals surface area contributed by atoms with Gasteiger partial charge < -0.3 is 5.11 Å². The fourth-order valence-electron chi connectivity index (χ4n) is 2.51. The molecule has 0 heterocycles. The molecule has 1 nitrogen and oxygen atoms in total. The highest BCUT2D eigenvalue weighted by molar-refractivity contribution is 5.36. The van der Waals surface area contributed by atoms with Crippen LogP contribution in [-0.4, -0.2) is 5.11 Å². The highest BCUT2D eigenvalue weighted by Crippen LogP contribution is 2.28. The van der Waals surface area contributed by atoms with E-state index >= 15 is 0 Å². The van der Waals surface area contributed by atoms with E-state index in [1.807, 2.05) is 6.92 Å². The fourth-order valence-corrected chi connectivity index (χ4v) is 2.51. The van der Waals surface area contributed by atoms with E-state index < -0.39 is 5.60 Å². The molecule has 0 aliphatic heterocycles. The summed E-state index contributed by atoms with van der Waals surface area (Å²) < 4.78 is 0. The summed E-state index contributed by atoms with van der Waals surface area (Å²) in [6, 6.07) is 14.6. The molecule has 0 amide bonds. The molecule has 0 saturated heterocycles. The lowest BCUT2D eigenvalue weighted by molar-refractivity contribution is 0.0569. The van der Waals surface area contributed by atoms with Gasteiger partial charge in [-0.15, -0.1) is 0 Å². The van der Waals surface area contributed by atoms with E-state index in [1.165, 1.54) is 11.1 Å². The van der Waals surface area contributed by atoms with E-state index in [4.69, 9.17) is 0 Å². The predicted molar refractivity (Wildman–Crippen MR) is 80.4 cm³/mol. The molecule has 0 aromatic heterocycles. The van der Waals surface area contributed by atoms with Crippen LogP contribution < -0.4 is 0 Å². The van der Waals surface area contributed by atoms with Gasteiger partial charge in [0.25, 0.3) is 0 Å². The van der Waals surface area contributed by atoms with Crippen molar-refractivity contribution in [3.63, 3.8) is 0 Å². The molecule has 0 saturated carbocycles. The Hall–Kier alpha value is -1.60. The maximum absolute atomic E-state index is 10.8. The molecule has 2 aromatic carbocycles. The van der Waals surface area contributed by atoms with Crippen LogP contribution in [0.4, 0.5) is 0 Å². The Labute approximate surface area is 115 Å². The zero-order chi connectivity index (χ0) is 14.0. The quantitative estimate of drug-likeness (QED) is 0.875. The topological polar surface area (TPSA) is 20.2 Å². The summed E-state index contributed by atoms with van der Waals surface area (Å²) in [7, 11) is 0. The highest BCUT2D eigenvalue weighted by atomic mass is 16.3. The Kier molecular flexibility index (Phi) is 3.77. The van der Waals surface area contributed by atoms with E-state index in [1.54, 1.807) is 0 Å². The molecule has 1 N–H and O–H groups in total. The zero-order valence-electron chi connectivity index (χ0n) is 12.2. The molecule has 0 aliphatic rings. The molecule has 1 unspecified atom stereocenters. The zero-order valence-corrected chi connectivity index (χ0v) is 12.2. The molecule has 2 rings (SSSR count). The summed E-state index contributed by atoms with van der Waals surface area (Å²) >= 11 is 0. The van der Waals surface area contributed by atoms with Gasteiger partial charge in [-0.2, -0.15) is 0 Å². The van der Waals surface area contributed by atoms with Gasteiger partial charge in [0, 0.05) is 6.42 Å². The van der Waals surface area contributed by atoms with Gasteiger partial charge in [-0.3, -0.25) is 0 Å². The Morgan fingerprint density at radius 2 is 1.47 bits per heavy atom. The number of rotatable bonds is 3. The van der Waals surface area contributed by atoms with Crippen molar-refractivity contribution >= 4 is 0 Å². The molecule has 19 heavy (non-hydrogen) atoms. The fraction of sp³-hybridized carbons (Fsp3) is 0.333. The summed E-state index contributed by atoms with van der Waals surface area (Å²) in [5, 5.41) is 10.8. The van der Waals surface area contributed by atoms with Crippen molar-refractivity contribution in [1.82, 2.24) is 0 Å². The second-order valence-corrected chi connectivity index (χ2v) is 5.75. The van der Waals surface area contributed by atoms with Crippen LogP contribution in [0.5, 0.6) is 0 Å². The number of aryl methyl sites for hydroxylation is 3. The Morgan fingerprint density at radius 3 is 2.11 bits per heavy atom. The average Bonchev–Trinajstić information content (AvgIpc) is 2.35. The Balaban J connectivity index is 2.31. The van der Waals surface area contributed by atoms with Gasteiger partial charge in [0.05, 0.1) is 5.60 Å². The molecular weight excluding hydrogens is 232 g/mol. The van der Waals surface area contributed by atoms with Crippen molar-refractivity contribution in [2.75, 3.05) is 0 Å². The maximum atomic E-state index is 10.8. The third-order valence-electron chi connectivity index (χ3n) is 3.64. The lowest BCUT2D eigenvalue weighted by Crippen LogP contribution is -2.25. The second-order valence-electron chi connectivity index (χ2n) is 5.75. The Morgan fingerprint density at radius 1 is 0.895 bits per heavy atom. The van der Waals surface area contributed by atoms with E-state index in [0.717, 1.165) is 16.7 Å². The molecule has 0 fully saturated rings. The van der Waals surface area contributed by atoms with Gasteiger partial charge >= 0.3 is 0 Å². The van der Waals surface area contributed by atoms with Crippen molar-refractivity contribution in [2.45, 2.75) is 39.7 Å². The number of benzene rings is 2. The molecule has 1 heteroatoms. The first-order chi connectivity index (χ1) is 8.88. The van der Waals surface area contributed by atoms with Gasteiger partial charge in [-0.25, -0.2) is 0 Å². The molecule has 0 bridgehead atoms. The third kappa shape index (κ3) is 3.24.